The van der Waals surface area contributed by atoms with Crippen molar-refractivity contribution >= 4 is 22.6 Å². The van der Waals surface area contributed by atoms with Gasteiger partial charge in [-0.15, -0.1) is 0 Å². The second kappa shape index (κ2) is 8.13. The minimum Gasteiger partial charge on any atom is -0.380 e. The van der Waals surface area contributed by atoms with Crippen LogP contribution in [0.4, 0.5) is 5.82 Å². The van der Waals surface area contributed by atoms with E-state index in [9.17, 15) is 9.59 Å². The van der Waals surface area contributed by atoms with Gasteiger partial charge in [0.15, 0.2) is 5.82 Å². The number of rotatable bonds is 5. The van der Waals surface area contributed by atoms with Gasteiger partial charge in [-0.3, -0.25) is 9.59 Å². The van der Waals surface area contributed by atoms with E-state index in [0.29, 0.717) is 23.0 Å². The summed E-state index contributed by atoms with van der Waals surface area (Å²) in [6.45, 7) is 6.45. The summed E-state index contributed by atoms with van der Waals surface area (Å²) in [7, 11) is 0. The molecule has 34 heavy (non-hydrogen) atoms. The third-order valence-corrected chi connectivity index (χ3v) is 6.93. The first-order valence-corrected chi connectivity index (χ1v) is 11.5. The number of amides is 1. The van der Waals surface area contributed by atoms with E-state index in [1.165, 1.54) is 0 Å². The molecule has 2 aromatic heterocycles. The highest BCUT2D eigenvalue weighted by Crippen LogP contribution is 2.45. The monoisotopic (exact) mass is 456 g/mol. The Morgan fingerprint density at radius 2 is 1.91 bits per heavy atom. The maximum Gasteiger partial charge on any atom is 0.275 e. The van der Waals surface area contributed by atoms with Gasteiger partial charge in [-0.05, 0) is 56.0 Å². The van der Waals surface area contributed by atoms with Gasteiger partial charge < -0.3 is 11.1 Å². The zero-order valence-corrected chi connectivity index (χ0v) is 19.6. The van der Waals surface area contributed by atoms with Crippen LogP contribution >= 0.6 is 0 Å². The maximum atomic E-state index is 12.7. The van der Waals surface area contributed by atoms with Gasteiger partial charge >= 0.3 is 0 Å². The number of aromatic nitrogens is 4. The van der Waals surface area contributed by atoms with E-state index in [1.807, 2.05) is 56.3 Å². The smallest absolute Gasteiger partial charge is 0.275 e. The summed E-state index contributed by atoms with van der Waals surface area (Å²) in [5.41, 5.74) is 11.5. The van der Waals surface area contributed by atoms with Crippen molar-refractivity contribution in [2.75, 3.05) is 5.73 Å². The molecule has 174 valence electrons. The Bertz CT molecular complexity index is 1460. The van der Waals surface area contributed by atoms with Crippen molar-refractivity contribution in [3.8, 4) is 5.69 Å². The van der Waals surface area contributed by atoms with E-state index < -0.39 is 0 Å². The van der Waals surface area contributed by atoms with Gasteiger partial charge in [-0.2, -0.15) is 10.2 Å². The third kappa shape index (κ3) is 3.65. The Labute approximate surface area is 197 Å². The van der Waals surface area contributed by atoms with Crippen molar-refractivity contribution in [1.29, 1.82) is 0 Å². The Hall–Kier alpha value is -3.94. The average Bonchev–Trinajstić information content (AvgIpc) is 3.22. The SMILES string of the molecule is Cc1ccc(C)c(C(=O)NCc2ccc(-n3nc(C4(C)CCC4)c4c(=O)[nH]nc(N)c43)cc2)c1. The molecular weight excluding hydrogens is 428 g/mol. The predicted octanol–water partition coefficient (Wildman–Crippen LogP) is 3.68. The number of benzene rings is 2. The number of nitrogens with two attached hydrogens (primary N) is 1. The van der Waals surface area contributed by atoms with Crippen molar-refractivity contribution in [3.63, 3.8) is 0 Å². The summed E-state index contributed by atoms with van der Waals surface area (Å²) in [4.78, 5) is 25.3. The first kappa shape index (κ1) is 21.9. The Balaban J connectivity index is 1.43. The molecule has 0 aliphatic heterocycles. The lowest BCUT2D eigenvalue weighted by Crippen LogP contribution is -2.32. The summed E-state index contributed by atoms with van der Waals surface area (Å²) < 4.78 is 1.71. The molecule has 0 radical (unpaired) electrons. The van der Waals surface area contributed by atoms with Crippen molar-refractivity contribution in [2.45, 2.75) is 52.0 Å². The van der Waals surface area contributed by atoms with Crippen molar-refractivity contribution in [3.05, 3.63) is 80.8 Å². The molecule has 1 aliphatic carbocycles. The maximum absolute atomic E-state index is 12.7. The second-order valence-corrected chi connectivity index (χ2v) is 9.50. The molecule has 8 nitrogen and oxygen atoms in total. The number of carbonyl (C=O) groups excluding carboxylic acids is 1. The number of carbonyl (C=O) groups is 1. The van der Waals surface area contributed by atoms with Crippen LogP contribution in [0.5, 0.6) is 0 Å². The standard InChI is InChI=1S/C26H28N6O2/c1-15-5-6-16(2)19(13-15)24(33)28-14-17-7-9-18(10-8-17)32-21-20(25(34)30-29-23(21)27)22(31-32)26(3)11-4-12-26/h5-10,13H,4,11-12,14H2,1-3H3,(H2,27,29)(H,28,33)(H,30,34). The van der Waals surface area contributed by atoms with Crippen molar-refractivity contribution < 1.29 is 4.79 Å². The summed E-state index contributed by atoms with van der Waals surface area (Å²) in [6.07, 6.45) is 3.09. The van der Waals surface area contributed by atoms with Crippen LogP contribution in [-0.4, -0.2) is 25.9 Å². The van der Waals surface area contributed by atoms with Crippen LogP contribution in [0.15, 0.2) is 47.3 Å². The lowest BCUT2D eigenvalue weighted by Gasteiger charge is -2.36. The molecule has 2 heterocycles. The number of nitrogens with one attached hydrogen (secondary N) is 2. The normalized spacial score (nSPS) is 14.7. The van der Waals surface area contributed by atoms with Crippen LogP contribution in [0.3, 0.4) is 0 Å². The molecule has 4 N–H and O–H groups in total. The number of aromatic amines is 1. The molecule has 0 spiro atoms. The number of anilines is 1. The van der Waals surface area contributed by atoms with Crippen LogP contribution in [-0.2, 0) is 12.0 Å². The van der Waals surface area contributed by atoms with E-state index in [-0.39, 0.29) is 22.7 Å². The van der Waals surface area contributed by atoms with Gasteiger partial charge in [0, 0.05) is 17.5 Å². The van der Waals surface area contributed by atoms with E-state index >= 15 is 0 Å². The van der Waals surface area contributed by atoms with Gasteiger partial charge in [0.1, 0.15) is 5.52 Å². The Kier molecular flexibility index (Phi) is 5.23. The quantitative estimate of drug-likeness (QED) is 0.423. The molecule has 1 saturated carbocycles. The minimum absolute atomic E-state index is 0.0974. The van der Waals surface area contributed by atoms with Crippen LogP contribution in [0.25, 0.3) is 16.6 Å². The fourth-order valence-corrected chi connectivity index (χ4v) is 4.66. The van der Waals surface area contributed by atoms with Crippen LogP contribution in [0.1, 0.15) is 58.9 Å². The molecule has 5 rings (SSSR count). The minimum atomic E-state index is -0.274. The Morgan fingerprint density at radius 1 is 1.18 bits per heavy atom. The molecule has 1 fully saturated rings. The van der Waals surface area contributed by atoms with E-state index in [0.717, 1.165) is 47.3 Å². The van der Waals surface area contributed by atoms with Gasteiger partial charge in [0.05, 0.1) is 16.8 Å². The molecule has 8 heteroatoms. The first-order chi connectivity index (χ1) is 16.3. The summed E-state index contributed by atoms with van der Waals surface area (Å²) in [5, 5.41) is 14.8. The molecule has 1 aliphatic rings. The van der Waals surface area contributed by atoms with Crippen LogP contribution in [0.2, 0.25) is 0 Å². The molecule has 1 amide bonds. The van der Waals surface area contributed by atoms with E-state index in [2.05, 4.69) is 22.4 Å². The molecule has 4 aromatic rings. The number of nitrogen functional groups attached to an aromatic ring is 1. The lowest BCUT2D eigenvalue weighted by atomic mass is 9.68. The zero-order chi connectivity index (χ0) is 24.0. The van der Waals surface area contributed by atoms with Gasteiger partial charge in [0.2, 0.25) is 0 Å². The Morgan fingerprint density at radius 3 is 2.59 bits per heavy atom. The van der Waals surface area contributed by atoms with Crippen molar-refractivity contribution in [2.24, 2.45) is 0 Å². The largest absolute Gasteiger partial charge is 0.380 e. The summed E-state index contributed by atoms with van der Waals surface area (Å²) >= 11 is 0. The van der Waals surface area contributed by atoms with Crippen LogP contribution in [0, 0.1) is 13.8 Å². The number of hydrogen-bond donors (Lipinski definition) is 3. The van der Waals surface area contributed by atoms with E-state index in [4.69, 9.17) is 10.8 Å². The predicted molar refractivity (Wildman–Crippen MR) is 132 cm³/mol. The zero-order valence-electron chi connectivity index (χ0n) is 19.6. The average molecular weight is 457 g/mol. The number of nitrogens with zero attached hydrogens (tertiary/aromatic N) is 3. The molecular formula is C26H28N6O2. The van der Waals surface area contributed by atoms with Gasteiger partial charge in [0.25, 0.3) is 11.5 Å². The van der Waals surface area contributed by atoms with Crippen molar-refractivity contribution in [1.82, 2.24) is 25.3 Å². The molecule has 0 atom stereocenters. The molecule has 0 unspecified atom stereocenters. The summed E-state index contributed by atoms with van der Waals surface area (Å²) in [5.74, 6) is 0.140. The van der Waals surface area contributed by atoms with E-state index in [1.54, 1.807) is 4.68 Å². The molecule has 2 aromatic carbocycles. The number of hydrogen-bond acceptors (Lipinski definition) is 5. The second-order valence-electron chi connectivity index (χ2n) is 9.50. The summed E-state index contributed by atoms with van der Waals surface area (Å²) in [6, 6.07) is 13.6. The third-order valence-electron chi connectivity index (χ3n) is 6.93. The highest BCUT2D eigenvalue weighted by molar-refractivity contribution is 5.95. The molecule has 0 saturated heterocycles. The lowest BCUT2D eigenvalue weighted by molar-refractivity contribution is 0.0950. The fourth-order valence-electron chi connectivity index (χ4n) is 4.66. The van der Waals surface area contributed by atoms with Crippen LogP contribution < -0.4 is 16.6 Å². The fraction of sp³-hybridized carbons (Fsp3) is 0.308. The number of fused-ring (bicyclic) bond motifs is 1. The highest BCUT2D eigenvalue weighted by Gasteiger charge is 2.39. The molecule has 0 bridgehead atoms. The highest BCUT2D eigenvalue weighted by atomic mass is 16.1. The topological polar surface area (TPSA) is 119 Å². The number of H-pyrrole nitrogens is 1. The first-order valence-electron chi connectivity index (χ1n) is 11.5. The number of aryl methyl sites for hydroxylation is 2. The van der Waals surface area contributed by atoms with Gasteiger partial charge in [-0.25, -0.2) is 9.78 Å². The van der Waals surface area contributed by atoms with Gasteiger partial charge in [-0.1, -0.05) is 43.2 Å².